The van der Waals surface area contributed by atoms with Crippen LogP contribution in [0.1, 0.15) is 64.4 Å². The van der Waals surface area contributed by atoms with Crippen molar-refractivity contribution in [3.05, 3.63) is 59.7 Å². The molecule has 2 aromatic rings. The van der Waals surface area contributed by atoms with Gasteiger partial charge in [0.15, 0.2) is 0 Å². The topological polar surface area (TPSA) is 49.9 Å². The monoisotopic (exact) mass is 410 g/mol. The van der Waals surface area contributed by atoms with E-state index in [1.807, 2.05) is 96.7 Å². The van der Waals surface area contributed by atoms with Crippen LogP contribution in [-0.2, 0) is 4.74 Å². The molecule has 0 saturated heterocycles. The van der Waals surface area contributed by atoms with Crippen LogP contribution in [-0.4, -0.2) is 34.6 Å². The standard InChI is InChI=1S/C25H34N2O3/c1-17(2)26(18(3)4)23(28)20-14-10-12-16-22(20)27(24(29)30-25(6,7)8)21-15-11-9-13-19(21)5/h9-18H,1-8H3. The highest BCUT2D eigenvalue weighted by atomic mass is 16.6. The highest BCUT2D eigenvalue weighted by molar-refractivity contribution is 6.07. The number of para-hydroxylation sites is 2. The zero-order chi connectivity index (χ0) is 22.6. The van der Waals surface area contributed by atoms with Crippen molar-refractivity contribution in [2.24, 2.45) is 0 Å². The first kappa shape index (κ1) is 23.5. The minimum atomic E-state index is -0.668. The SMILES string of the molecule is Cc1ccccc1N(C(=O)OC(C)(C)C)c1ccccc1C(=O)N(C(C)C)C(C)C. The number of carbonyl (C=O) groups excluding carboxylic acids is 2. The Morgan fingerprint density at radius 2 is 1.33 bits per heavy atom. The van der Waals surface area contributed by atoms with E-state index in [2.05, 4.69) is 0 Å². The molecule has 0 aliphatic rings. The highest BCUT2D eigenvalue weighted by Gasteiger charge is 2.31. The summed E-state index contributed by atoms with van der Waals surface area (Å²) in [7, 11) is 0. The van der Waals surface area contributed by atoms with Crippen molar-refractivity contribution in [2.45, 2.75) is 73.1 Å². The van der Waals surface area contributed by atoms with Crippen molar-refractivity contribution < 1.29 is 14.3 Å². The lowest BCUT2D eigenvalue weighted by Crippen LogP contribution is -2.43. The van der Waals surface area contributed by atoms with Crippen LogP contribution in [0.5, 0.6) is 0 Å². The van der Waals surface area contributed by atoms with Crippen molar-refractivity contribution in [3.8, 4) is 0 Å². The van der Waals surface area contributed by atoms with Gasteiger partial charge in [0.25, 0.3) is 5.91 Å². The van der Waals surface area contributed by atoms with Gasteiger partial charge in [-0.05, 0) is 79.2 Å². The van der Waals surface area contributed by atoms with Gasteiger partial charge in [-0.25, -0.2) is 9.69 Å². The molecule has 0 aliphatic carbocycles. The van der Waals surface area contributed by atoms with Gasteiger partial charge in [0.1, 0.15) is 5.60 Å². The van der Waals surface area contributed by atoms with Gasteiger partial charge in [-0.15, -0.1) is 0 Å². The molecule has 30 heavy (non-hydrogen) atoms. The molecule has 0 aliphatic heterocycles. The van der Waals surface area contributed by atoms with Gasteiger partial charge in [-0.3, -0.25) is 4.79 Å². The minimum Gasteiger partial charge on any atom is -0.443 e. The number of benzene rings is 2. The molecule has 0 saturated carbocycles. The maximum Gasteiger partial charge on any atom is 0.419 e. The molecule has 5 nitrogen and oxygen atoms in total. The highest BCUT2D eigenvalue weighted by Crippen LogP contribution is 2.33. The second kappa shape index (κ2) is 9.33. The molecule has 2 amide bonds. The summed E-state index contributed by atoms with van der Waals surface area (Å²) in [6.45, 7) is 15.4. The lowest BCUT2D eigenvalue weighted by atomic mass is 10.1. The average Bonchev–Trinajstić information content (AvgIpc) is 2.62. The van der Waals surface area contributed by atoms with E-state index in [0.29, 0.717) is 16.9 Å². The van der Waals surface area contributed by atoms with E-state index >= 15 is 0 Å². The minimum absolute atomic E-state index is 0.0268. The maximum atomic E-state index is 13.5. The molecule has 0 radical (unpaired) electrons. The fraction of sp³-hybridized carbons (Fsp3) is 0.440. The molecule has 0 atom stereocenters. The summed E-state index contributed by atoms with van der Waals surface area (Å²) in [6.07, 6.45) is -0.516. The predicted molar refractivity (Wildman–Crippen MR) is 122 cm³/mol. The zero-order valence-corrected chi connectivity index (χ0v) is 19.4. The van der Waals surface area contributed by atoms with Gasteiger partial charge < -0.3 is 9.64 Å². The van der Waals surface area contributed by atoms with Crippen molar-refractivity contribution >= 4 is 23.4 Å². The third-order valence-corrected chi connectivity index (χ3v) is 4.65. The van der Waals surface area contributed by atoms with Crippen molar-refractivity contribution in [1.82, 2.24) is 4.90 Å². The molecule has 0 N–H and O–H groups in total. The first-order valence-corrected chi connectivity index (χ1v) is 10.4. The number of nitrogens with zero attached hydrogens (tertiary/aromatic N) is 2. The number of anilines is 2. The Morgan fingerprint density at radius 1 is 0.833 bits per heavy atom. The third kappa shape index (κ3) is 5.41. The third-order valence-electron chi connectivity index (χ3n) is 4.65. The van der Waals surface area contributed by atoms with E-state index in [0.717, 1.165) is 5.56 Å². The fourth-order valence-corrected chi connectivity index (χ4v) is 3.50. The molecular formula is C25H34N2O3. The van der Waals surface area contributed by atoms with Gasteiger partial charge in [-0.2, -0.15) is 0 Å². The van der Waals surface area contributed by atoms with Crippen LogP contribution in [0.2, 0.25) is 0 Å². The Balaban J connectivity index is 2.67. The van der Waals surface area contributed by atoms with Gasteiger partial charge in [0.2, 0.25) is 0 Å². The Hall–Kier alpha value is -2.82. The number of hydrogen-bond acceptors (Lipinski definition) is 3. The molecule has 0 aromatic heterocycles. The van der Waals surface area contributed by atoms with E-state index in [1.54, 1.807) is 12.1 Å². The van der Waals surface area contributed by atoms with Crippen LogP contribution in [0.25, 0.3) is 0 Å². The summed E-state index contributed by atoms with van der Waals surface area (Å²) in [6, 6.07) is 14.9. The average molecular weight is 411 g/mol. The number of ether oxygens (including phenoxy) is 1. The van der Waals surface area contributed by atoms with Crippen LogP contribution in [0.15, 0.2) is 48.5 Å². The first-order valence-electron chi connectivity index (χ1n) is 10.4. The molecule has 0 heterocycles. The summed E-state index contributed by atoms with van der Waals surface area (Å²) in [5.74, 6) is -0.113. The summed E-state index contributed by atoms with van der Waals surface area (Å²) in [5.41, 5.74) is 1.91. The Labute approximate surface area is 180 Å². The number of rotatable bonds is 5. The summed E-state index contributed by atoms with van der Waals surface area (Å²) in [4.78, 5) is 30.2. The smallest absolute Gasteiger partial charge is 0.419 e. The zero-order valence-electron chi connectivity index (χ0n) is 19.4. The summed E-state index contributed by atoms with van der Waals surface area (Å²) < 4.78 is 5.72. The van der Waals surface area contributed by atoms with Crippen molar-refractivity contribution in [2.75, 3.05) is 4.90 Å². The quantitative estimate of drug-likeness (QED) is 0.579. The second-order valence-corrected chi connectivity index (χ2v) is 9.02. The van der Waals surface area contributed by atoms with E-state index < -0.39 is 11.7 Å². The number of aryl methyl sites for hydroxylation is 1. The molecule has 0 spiro atoms. The Kier molecular flexibility index (Phi) is 7.30. The summed E-state index contributed by atoms with van der Waals surface area (Å²) >= 11 is 0. The normalized spacial score (nSPS) is 11.5. The van der Waals surface area contributed by atoms with E-state index in [9.17, 15) is 9.59 Å². The van der Waals surface area contributed by atoms with Crippen LogP contribution in [0.3, 0.4) is 0 Å². The van der Waals surface area contributed by atoms with Crippen LogP contribution in [0, 0.1) is 6.92 Å². The molecule has 162 valence electrons. The molecule has 2 aromatic carbocycles. The second-order valence-electron chi connectivity index (χ2n) is 9.02. The van der Waals surface area contributed by atoms with Crippen LogP contribution >= 0.6 is 0 Å². The largest absolute Gasteiger partial charge is 0.443 e. The molecule has 0 fully saturated rings. The van der Waals surface area contributed by atoms with Crippen molar-refractivity contribution in [3.63, 3.8) is 0 Å². The lowest BCUT2D eigenvalue weighted by molar-refractivity contribution is 0.0598. The summed E-state index contributed by atoms with van der Waals surface area (Å²) in [5, 5.41) is 0. The van der Waals surface area contributed by atoms with E-state index in [4.69, 9.17) is 4.74 Å². The van der Waals surface area contributed by atoms with E-state index in [-0.39, 0.29) is 18.0 Å². The van der Waals surface area contributed by atoms with Crippen LogP contribution < -0.4 is 4.90 Å². The molecule has 0 unspecified atom stereocenters. The van der Waals surface area contributed by atoms with Crippen molar-refractivity contribution in [1.29, 1.82) is 0 Å². The molecule has 0 bridgehead atoms. The van der Waals surface area contributed by atoms with Gasteiger partial charge in [0, 0.05) is 12.1 Å². The number of carbonyl (C=O) groups is 2. The molecule has 5 heteroatoms. The molecule has 2 rings (SSSR count). The number of hydrogen-bond donors (Lipinski definition) is 0. The van der Waals surface area contributed by atoms with E-state index in [1.165, 1.54) is 4.90 Å². The predicted octanol–water partition coefficient (Wildman–Crippen LogP) is 6.33. The van der Waals surface area contributed by atoms with Gasteiger partial charge >= 0.3 is 6.09 Å². The Morgan fingerprint density at radius 3 is 1.83 bits per heavy atom. The van der Waals surface area contributed by atoms with Crippen LogP contribution in [0.4, 0.5) is 16.2 Å². The van der Waals surface area contributed by atoms with Gasteiger partial charge in [0.05, 0.1) is 16.9 Å². The Bertz CT molecular complexity index is 889. The fourth-order valence-electron chi connectivity index (χ4n) is 3.50. The maximum absolute atomic E-state index is 13.5. The molecular weight excluding hydrogens is 376 g/mol. The van der Waals surface area contributed by atoms with Gasteiger partial charge in [-0.1, -0.05) is 30.3 Å². The lowest BCUT2D eigenvalue weighted by Gasteiger charge is -2.33. The number of amides is 2. The first-order chi connectivity index (χ1) is 13.9.